The number of hydrogen-bond acceptors (Lipinski definition) is 3. The second-order valence-corrected chi connectivity index (χ2v) is 5.25. The number of aryl methyl sites for hydroxylation is 1. The van der Waals surface area contributed by atoms with Gasteiger partial charge >= 0.3 is 0 Å². The van der Waals surface area contributed by atoms with Crippen LogP contribution < -0.4 is 10.6 Å². The second kappa shape index (κ2) is 7.80. The molecule has 0 bridgehead atoms. The van der Waals surface area contributed by atoms with Gasteiger partial charge in [0.05, 0.1) is 0 Å². The topological polar surface area (TPSA) is 53.5 Å². The summed E-state index contributed by atoms with van der Waals surface area (Å²) in [5.74, 6) is 0.479. The number of hydrogen-bond donors (Lipinski definition) is 2. The normalized spacial score (nSPS) is 19.6. The summed E-state index contributed by atoms with van der Waals surface area (Å²) in [5, 5.41) is 6.55. The number of carbonyl (C=O) groups is 1. The molecule has 1 saturated heterocycles. The van der Waals surface area contributed by atoms with Crippen LogP contribution in [0.5, 0.6) is 0 Å². The summed E-state index contributed by atoms with van der Waals surface area (Å²) in [7, 11) is 0. The SMILES string of the molecule is Cc1ccccc1CCN=C(C=O)NC1CCCNC1. The van der Waals surface area contributed by atoms with Gasteiger partial charge in [0.2, 0.25) is 0 Å². The Hall–Kier alpha value is -1.68. The van der Waals surface area contributed by atoms with Crippen LogP contribution in [0.2, 0.25) is 0 Å². The molecule has 108 valence electrons. The zero-order valence-electron chi connectivity index (χ0n) is 12.1. The van der Waals surface area contributed by atoms with Crippen molar-refractivity contribution in [3.05, 3.63) is 35.4 Å². The maximum absolute atomic E-state index is 11.1. The fraction of sp³-hybridized carbons (Fsp3) is 0.500. The summed E-state index contributed by atoms with van der Waals surface area (Å²) < 4.78 is 0. The summed E-state index contributed by atoms with van der Waals surface area (Å²) in [5.41, 5.74) is 2.57. The first-order valence-corrected chi connectivity index (χ1v) is 7.31. The minimum atomic E-state index is 0.325. The fourth-order valence-corrected chi connectivity index (χ4v) is 2.49. The molecular weight excluding hydrogens is 250 g/mol. The Labute approximate surface area is 120 Å². The molecule has 1 atom stereocenters. The van der Waals surface area contributed by atoms with E-state index in [2.05, 4.69) is 34.7 Å². The van der Waals surface area contributed by atoms with Gasteiger partial charge in [-0.15, -0.1) is 0 Å². The van der Waals surface area contributed by atoms with E-state index in [1.807, 2.05) is 12.1 Å². The first-order valence-electron chi connectivity index (χ1n) is 7.31. The van der Waals surface area contributed by atoms with Crippen LogP contribution in [0.3, 0.4) is 0 Å². The average Bonchev–Trinajstić information content (AvgIpc) is 2.49. The molecule has 0 aromatic heterocycles. The zero-order chi connectivity index (χ0) is 14.2. The number of benzene rings is 1. The first-order chi connectivity index (χ1) is 9.79. The molecule has 2 N–H and O–H groups in total. The van der Waals surface area contributed by atoms with E-state index < -0.39 is 0 Å². The maximum atomic E-state index is 11.1. The highest BCUT2D eigenvalue weighted by molar-refractivity contribution is 6.27. The monoisotopic (exact) mass is 273 g/mol. The standard InChI is InChI=1S/C16H23N3O/c1-13-5-2-3-6-14(13)8-10-18-16(12-20)19-15-7-4-9-17-11-15/h2-3,5-6,12,15,17H,4,7-11H2,1H3,(H,18,19). The van der Waals surface area contributed by atoms with Gasteiger partial charge in [0.25, 0.3) is 0 Å². The van der Waals surface area contributed by atoms with Crippen LogP contribution >= 0.6 is 0 Å². The third-order valence-corrected chi connectivity index (χ3v) is 3.69. The van der Waals surface area contributed by atoms with Crippen molar-refractivity contribution >= 4 is 12.1 Å². The molecule has 0 spiro atoms. The number of nitrogens with zero attached hydrogens (tertiary/aromatic N) is 1. The Balaban J connectivity index is 1.84. The fourth-order valence-electron chi connectivity index (χ4n) is 2.49. The first kappa shape index (κ1) is 14.7. The van der Waals surface area contributed by atoms with Crippen molar-refractivity contribution in [1.29, 1.82) is 0 Å². The van der Waals surface area contributed by atoms with Gasteiger partial charge in [-0.05, 0) is 43.9 Å². The van der Waals surface area contributed by atoms with Gasteiger partial charge in [0.15, 0.2) is 12.1 Å². The smallest absolute Gasteiger partial charge is 0.184 e. The predicted octanol–water partition coefficient (Wildman–Crippen LogP) is 1.48. The number of amidine groups is 1. The minimum absolute atomic E-state index is 0.325. The van der Waals surface area contributed by atoms with Gasteiger partial charge < -0.3 is 10.6 Å². The Bertz CT molecular complexity index is 465. The van der Waals surface area contributed by atoms with E-state index in [0.29, 0.717) is 18.4 Å². The van der Waals surface area contributed by atoms with Crippen molar-refractivity contribution < 1.29 is 4.79 Å². The lowest BCUT2D eigenvalue weighted by Crippen LogP contribution is -2.46. The van der Waals surface area contributed by atoms with E-state index in [1.165, 1.54) is 11.1 Å². The Morgan fingerprint density at radius 2 is 2.35 bits per heavy atom. The van der Waals surface area contributed by atoms with Crippen molar-refractivity contribution in [2.75, 3.05) is 19.6 Å². The van der Waals surface area contributed by atoms with Gasteiger partial charge in [-0.25, -0.2) is 0 Å². The molecule has 0 saturated carbocycles. The van der Waals surface area contributed by atoms with Gasteiger partial charge in [0.1, 0.15) is 0 Å². The van der Waals surface area contributed by atoms with Crippen molar-refractivity contribution in [3.63, 3.8) is 0 Å². The zero-order valence-corrected chi connectivity index (χ0v) is 12.1. The number of aldehydes is 1. The van der Waals surface area contributed by atoms with Crippen molar-refractivity contribution in [3.8, 4) is 0 Å². The number of piperidine rings is 1. The molecule has 1 unspecified atom stereocenters. The number of rotatable bonds is 5. The molecule has 2 rings (SSSR count). The third-order valence-electron chi connectivity index (χ3n) is 3.69. The molecule has 1 heterocycles. The van der Waals surface area contributed by atoms with Crippen LogP contribution in [-0.2, 0) is 11.2 Å². The van der Waals surface area contributed by atoms with E-state index in [0.717, 1.165) is 38.6 Å². The van der Waals surface area contributed by atoms with Crippen LogP contribution in [0.25, 0.3) is 0 Å². The quantitative estimate of drug-likeness (QED) is 0.485. The molecule has 0 amide bonds. The van der Waals surface area contributed by atoms with Crippen LogP contribution in [0, 0.1) is 6.92 Å². The summed E-state index contributed by atoms with van der Waals surface area (Å²) in [4.78, 5) is 15.5. The molecule has 1 aromatic rings. The maximum Gasteiger partial charge on any atom is 0.184 e. The van der Waals surface area contributed by atoms with Crippen LogP contribution in [-0.4, -0.2) is 37.8 Å². The van der Waals surface area contributed by atoms with Crippen LogP contribution in [0.1, 0.15) is 24.0 Å². The van der Waals surface area contributed by atoms with E-state index in [-0.39, 0.29) is 0 Å². The van der Waals surface area contributed by atoms with Crippen molar-refractivity contribution in [1.82, 2.24) is 10.6 Å². The molecule has 1 aliphatic heterocycles. The third kappa shape index (κ3) is 4.46. The van der Waals surface area contributed by atoms with Crippen molar-refractivity contribution in [2.45, 2.75) is 32.2 Å². The van der Waals surface area contributed by atoms with E-state index in [1.54, 1.807) is 0 Å². The molecule has 4 nitrogen and oxygen atoms in total. The minimum Gasteiger partial charge on any atom is -0.364 e. The molecule has 1 aromatic carbocycles. The van der Waals surface area contributed by atoms with Gasteiger partial charge in [-0.2, -0.15) is 0 Å². The highest BCUT2D eigenvalue weighted by atomic mass is 16.1. The van der Waals surface area contributed by atoms with E-state index >= 15 is 0 Å². The van der Waals surface area contributed by atoms with Crippen molar-refractivity contribution in [2.24, 2.45) is 4.99 Å². The number of aliphatic imine (C=N–C) groups is 1. The van der Waals surface area contributed by atoms with E-state index in [9.17, 15) is 4.79 Å². The summed E-state index contributed by atoms with van der Waals surface area (Å²) in [6.45, 7) is 4.72. The lowest BCUT2D eigenvalue weighted by molar-refractivity contribution is -0.102. The van der Waals surface area contributed by atoms with Gasteiger partial charge in [-0.3, -0.25) is 9.79 Å². The summed E-state index contributed by atoms with van der Waals surface area (Å²) in [6, 6.07) is 8.62. The van der Waals surface area contributed by atoms with Gasteiger partial charge in [0, 0.05) is 19.1 Å². The summed E-state index contributed by atoms with van der Waals surface area (Å²) in [6.07, 6.45) is 3.94. The molecule has 0 radical (unpaired) electrons. The van der Waals surface area contributed by atoms with E-state index in [4.69, 9.17) is 0 Å². The molecule has 1 fully saturated rings. The highest BCUT2D eigenvalue weighted by Gasteiger charge is 2.13. The lowest BCUT2D eigenvalue weighted by Gasteiger charge is -2.24. The predicted molar refractivity (Wildman–Crippen MR) is 82.3 cm³/mol. The highest BCUT2D eigenvalue weighted by Crippen LogP contribution is 2.07. The van der Waals surface area contributed by atoms with Crippen LogP contribution in [0.4, 0.5) is 0 Å². The average molecular weight is 273 g/mol. The molecule has 0 aliphatic carbocycles. The lowest BCUT2D eigenvalue weighted by atomic mass is 10.1. The Morgan fingerprint density at radius 3 is 3.05 bits per heavy atom. The van der Waals surface area contributed by atoms with Gasteiger partial charge in [-0.1, -0.05) is 24.3 Å². The van der Waals surface area contributed by atoms with Crippen LogP contribution in [0.15, 0.2) is 29.3 Å². The summed E-state index contributed by atoms with van der Waals surface area (Å²) >= 11 is 0. The molecular formula is C16H23N3O. The number of nitrogens with one attached hydrogen (secondary N) is 2. The Kier molecular flexibility index (Phi) is 5.74. The molecule has 20 heavy (non-hydrogen) atoms. The Morgan fingerprint density at radius 1 is 1.50 bits per heavy atom. The second-order valence-electron chi connectivity index (χ2n) is 5.25. The molecule has 1 aliphatic rings. The largest absolute Gasteiger partial charge is 0.364 e. The molecule has 4 heteroatoms. The number of carbonyl (C=O) groups excluding carboxylic acids is 1.